The van der Waals surface area contributed by atoms with E-state index in [1.54, 1.807) is 0 Å². The Morgan fingerprint density at radius 1 is 0.276 bits per heavy atom. The highest BCUT2D eigenvalue weighted by Crippen LogP contribution is 2.40. The lowest BCUT2D eigenvalue weighted by atomic mass is 9.97. The predicted octanol–water partition coefficient (Wildman–Crippen LogP) is 15.6. The van der Waals surface area contributed by atoms with Crippen molar-refractivity contribution in [1.82, 2.24) is 4.57 Å². The second-order valence-electron chi connectivity index (χ2n) is 15.0. The maximum Gasteiger partial charge on any atom is 0.0541 e. The molecular weight excluding hydrogens is 701 g/mol. The van der Waals surface area contributed by atoms with Crippen LogP contribution in [0.25, 0.3) is 82.4 Å². The van der Waals surface area contributed by atoms with Crippen LogP contribution in [0.3, 0.4) is 0 Å². The van der Waals surface area contributed by atoms with Crippen LogP contribution >= 0.6 is 0 Å². The fourth-order valence-electron chi connectivity index (χ4n) is 8.74. The van der Waals surface area contributed by atoms with Crippen LogP contribution in [0.15, 0.2) is 231 Å². The first-order valence-electron chi connectivity index (χ1n) is 19.9. The highest BCUT2D eigenvalue weighted by Gasteiger charge is 2.17. The van der Waals surface area contributed by atoms with E-state index in [0.29, 0.717) is 0 Å². The molecule has 0 radical (unpaired) electrons. The lowest BCUT2D eigenvalue weighted by molar-refractivity contribution is 1.18. The molecule has 11 aromatic rings. The van der Waals surface area contributed by atoms with Crippen molar-refractivity contribution in [2.45, 2.75) is 0 Å². The van der Waals surface area contributed by atoms with Gasteiger partial charge in [0.15, 0.2) is 0 Å². The Bertz CT molecular complexity index is 3210. The molecule has 0 unspecified atom stereocenters. The van der Waals surface area contributed by atoms with Crippen molar-refractivity contribution in [2.75, 3.05) is 4.90 Å². The number of aromatic nitrogens is 1. The minimum atomic E-state index is 1.10. The Morgan fingerprint density at radius 3 is 1.45 bits per heavy atom. The van der Waals surface area contributed by atoms with Crippen molar-refractivity contribution in [3.63, 3.8) is 0 Å². The van der Waals surface area contributed by atoms with E-state index in [1.807, 2.05) is 0 Å². The maximum absolute atomic E-state index is 2.42. The Labute approximate surface area is 338 Å². The molecule has 1 aromatic heterocycles. The predicted molar refractivity (Wildman–Crippen MR) is 247 cm³/mol. The van der Waals surface area contributed by atoms with Crippen molar-refractivity contribution in [3.05, 3.63) is 231 Å². The summed E-state index contributed by atoms with van der Waals surface area (Å²) >= 11 is 0. The van der Waals surface area contributed by atoms with Gasteiger partial charge in [-0.05, 0) is 122 Å². The zero-order valence-corrected chi connectivity index (χ0v) is 31.8. The average molecular weight is 739 g/mol. The second-order valence-corrected chi connectivity index (χ2v) is 15.0. The van der Waals surface area contributed by atoms with E-state index in [2.05, 4.69) is 240 Å². The molecule has 0 aliphatic rings. The topological polar surface area (TPSA) is 8.17 Å². The summed E-state index contributed by atoms with van der Waals surface area (Å²) in [6.07, 6.45) is 0. The fourth-order valence-corrected chi connectivity index (χ4v) is 8.74. The highest BCUT2D eigenvalue weighted by atomic mass is 15.1. The molecule has 2 heteroatoms. The zero-order chi connectivity index (χ0) is 38.4. The van der Waals surface area contributed by atoms with Gasteiger partial charge in [0.05, 0.1) is 11.0 Å². The van der Waals surface area contributed by atoms with Crippen molar-refractivity contribution < 1.29 is 0 Å². The molecule has 272 valence electrons. The van der Waals surface area contributed by atoms with Crippen molar-refractivity contribution in [1.29, 1.82) is 0 Å². The van der Waals surface area contributed by atoms with E-state index >= 15 is 0 Å². The second kappa shape index (κ2) is 14.1. The molecule has 0 aliphatic carbocycles. The normalized spacial score (nSPS) is 11.4. The van der Waals surface area contributed by atoms with Gasteiger partial charge in [-0.15, -0.1) is 0 Å². The van der Waals surface area contributed by atoms with Gasteiger partial charge < -0.3 is 9.47 Å². The molecule has 58 heavy (non-hydrogen) atoms. The molecule has 10 aromatic carbocycles. The smallest absolute Gasteiger partial charge is 0.0541 e. The van der Waals surface area contributed by atoms with Crippen LogP contribution in [0, 0.1) is 0 Å². The molecule has 0 amide bonds. The van der Waals surface area contributed by atoms with Gasteiger partial charge in [-0.2, -0.15) is 0 Å². The van der Waals surface area contributed by atoms with E-state index in [0.717, 1.165) is 28.3 Å². The quantitative estimate of drug-likeness (QED) is 0.158. The summed E-state index contributed by atoms with van der Waals surface area (Å²) < 4.78 is 2.42. The first-order chi connectivity index (χ1) is 28.7. The fraction of sp³-hybridized carbons (Fsp3) is 0. The van der Waals surface area contributed by atoms with Gasteiger partial charge in [0.2, 0.25) is 0 Å². The summed E-state index contributed by atoms with van der Waals surface area (Å²) in [6, 6.07) is 83.7. The van der Waals surface area contributed by atoms with Gasteiger partial charge >= 0.3 is 0 Å². The van der Waals surface area contributed by atoms with Gasteiger partial charge in [-0.3, -0.25) is 0 Å². The monoisotopic (exact) mass is 738 g/mol. The average Bonchev–Trinajstić information content (AvgIpc) is 3.64. The molecular formula is C56H38N2. The Hall–Kier alpha value is -7.68. The first kappa shape index (κ1) is 33.6. The molecule has 0 saturated carbocycles. The van der Waals surface area contributed by atoms with Crippen LogP contribution < -0.4 is 4.90 Å². The number of anilines is 3. The van der Waals surface area contributed by atoms with E-state index in [-0.39, 0.29) is 0 Å². The number of benzene rings is 10. The number of hydrogen-bond donors (Lipinski definition) is 0. The third-order valence-corrected chi connectivity index (χ3v) is 11.5. The van der Waals surface area contributed by atoms with Gasteiger partial charge in [0.1, 0.15) is 0 Å². The highest BCUT2D eigenvalue weighted by molar-refractivity contribution is 6.09. The van der Waals surface area contributed by atoms with Crippen LogP contribution in [0.5, 0.6) is 0 Å². The van der Waals surface area contributed by atoms with Crippen LogP contribution in [0.4, 0.5) is 17.1 Å². The van der Waals surface area contributed by atoms with E-state index < -0.39 is 0 Å². The molecule has 1 heterocycles. The van der Waals surface area contributed by atoms with Crippen molar-refractivity contribution in [3.8, 4) is 39.1 Å². The Morgan fingerprint density at radius 2 is 0.776 bits per heavy atom. The molecule has 0 atom stereocenters. The van der Waals surface area contributed by atoms with Gasteiger partial charge in [0, 0.05) is 33.5 Å². The number of fused-ring (bicyclic) bond motifs is 5. The molecule has 0 saturated heterocycles. The van der Waals surface area contributed by atoms with Crippen LogP contribution in [0.1, 0.15) is 0 Å². The van der Waals surface area contributed by atoms with E-state index in [1.165, 1.54) is 71.2 Å². The summed E-state index contributed by atoms with van der Waals surface area (Å²) in [5.74, 6) is 0. The lowest BCUT2D eigenvalue weighted by Crippen LogP contribution is -2.09. The summed E-state index contributed by atoms with van der Waals surface area (Å²) in [5.41, 5.74) is 14.0. The molecule has 0 bridgehead atoms. The minimum Gasteiger partial charge on any atom is -0.310 e. The van der Waals surface area contributed by atoms with Gasteiger partial charge in [-0.25, -0.2) is 0 Å². The van der Waals surface area contributed by atoms with Crippen molar-refractivity contribution in [2.24, 2.45) is 0 Å². The lowest BCUT2D eigenvalue weighted by Gasteiger charge is -2.26. The van der Waals surface area contributed by atoms with Crippen molar-refractivity contribution >= 4 is 60.4 Å². The van der Waals surface area contributed by atoms with Crippen LogP contribution in [-0.4, -0.2) is 4.57 Å². The Kier molecular flexibility index (Phi) is 8.19. The summed E-state index contributed by atoms with van der Waals surface area (Å²) in [7, 11) is 0. The third kappa shape index (κ3) is 5.91. The minimum absolute atomic E-state index is 1.10. The largest absolute Gasteiger partial charge is 0.310 e. The van der Waals surface area contributed by atoms with Gasteiger partial charge in [-0.1, -0.05) is 164 Å². The summed E-state index contributed by atoms with van der Waals surface area (Å²) in [4.78, 5) is 2.37. The maximum atomic E-state index is 2.42. The number of nitrogens with zero attached hydrogens (tertiary/aromatic N) is 2. The standard InChI is InChI=1S/C56H38N2/c1-2-13-39(14-3-1)45-35-46(38-50(37-45)58-55-23-10-8-20-53(55)54-21-9-11-24-56(54)58)41-25-30-47(31-26-41)57(49-34-27-40-15-4-5-17-44(40)36-49)48-32-28-43(29-33-48)52-22-12-18-42-16-6-7-19-51(42)52/h1-38H. The number of rotatable bonds is 7. The molecule has 0 fully saturated rings. The Balaban J connectivity index is 1.03. The molecule has 2 nitrogen and oxygen atoms in total. The van der Waals surface area contributed by atoms with Gasteiger partial charge in [0.25, 0.3) is 0 Å². The zero-order valence-electron chi connectivity index (χ0n) is 31.8. The van der Waals surface area contributed by atoms with E-state index in [4.69, 9.17) is 0 Å². The third-order valence-electron chi connectivity index (χ3n) is 11.5. The van der Waals surface area contributed by atoms with Crippen LogP contribution in [-0.2, 0) is 0 Å². The molecule has 0 N–H and O–H groups in total. The number of hydrogen-bond acceptors (Lipinski definition) is 1. The molecule has 11 rings (SSSR count). The van der Waals surface area contributed by atoms with E-state index in [9.17, 15) is 0 Å². The summed E-state index contributed by atoms with van der Waals surface area (Å²) in [6.45, 7) is 0. The van der Waals surface area contributed by atoms with Crippen LogP contribution in [0.2, 0.25) is 0 Å². The summed E-state index contributed by atoms with van der Waals surface area (Å²) in [5, 5.41) is 7.46. The molecule has 0 aliphatic heterocycles. The SMILES string of the molecule is c1ccc(-c2cc(-c3ccc(N(c4ccc(-c5cccc6ccccc56)cc4)c4ccc5ccccc5c4)cc3)cc(-n3c4ccccc4c4ccccc43)c2)cc1. The first-order valence-corrected chi connectivity index (χ1v) is 19.9. The molecule has 0 spiro atoms. The number of para-hydroxylation sites is 2.